The Hall–Kier alpha value is -2.62. The van der Waals surface area contributed by atoms with E-state index in [0.29, 0.717) is 18.7 Å². The monoisotopic (exact) mass is 284 g/mol. The Balaban J connectivity index is 1.78. The quantitative estimate of drug-likeness (QED) is 0.655. The maximum absolute atomic E-state index is 12.7. The molecule has 2 aromatic rings. The Morgan fingerprint density at radius 3 is 2.67 bits per heavy atom. The third-order valence-corrected chi connectivity index (χ3v) is 2.96. The zero-order valence-electron chi connectivity index (χ0n) is 11.6. The predicted octanol–water partition coefficient (Wildman–Crippen LogP) is 2.78. The van der Waals surface area contributed by atoms with Gasteiger partial charge in [0.05, 0.1) is 0 Å². The molecule has 0 aliphatic rings. The van der Waals surface area contributed by atoms with Crippen molar-refractivity contribution in [3.8, 4) is 0 Å². The van der Waals surface area contributed by atoms with Gasteiger partial charge in [0.25, 0.3) is 0 Å². The zero-order chi connectivity index (χ0) is 15.1. The maximum Gasteiger partial charge on any atom is 0.244 e. The predicted molar refractivity (Wildman–Crippen MR) is 83.0 cm³/mol. The summed E-state index contributed by atoms with van der Waals surface area (Å²) in [7, 11) is 0. The molecule has 0 saturated heterocycles. The molecule has 3 nitrogen and oxygen atoms in total. The third kappa shape index (κ3) is 5.10. The van der Waals surface area contributed by atoms with Gasteiger partial charge >= 0.3 is 0 Å². The van der Waals surface area contributed by atoms with E-state index in [0.717, 1.165) is 11.1 Å². The molecule has 0 saturated carbocycles. The summed E-state index contributed by atoms with van der Waals surface area (Å²) >= 11 is 0. The van der Waals surface area contributed by atoms with Gasteiger partial charge in [-0.05, 0) is 47.9 Å². The van der Waals surface area contributed by atoms with Crippen LogP contribution in [0.4, 0.5) is 10.1 Å². The fraction of sp³-hybridized carbons (Fsp3) is 0.118. The SMILES string of the molecule is Nc1cccc(/C=C/C(=O)NCCc2ccc(F)cc2)c1. The summed E-state index contributed by atoms with van der Waals surface area (Å²) in [5.41, 5.74) is 8.18. The second-order valence-corrected chi connectivity index (χ2v) is 4.67. The first kappa shape index (κ1) is 14.8. The Bertz CT molecular complexity index is 635. The molecule has 0 aliphatic carbocycles. The number of halogens is 1. The van der Waals surface area contributed by atoms with Crippen LogP contribution in [0.25, 0.3) is 6.08 Å². The van der Waals surface area contributed by atoms with Crippen LogP contribution in [0.2, 0.25) is 0 Å². The highest BCUT2D eigenvalue weighted by molar-refractivity contribution is 5.91. The molecule has 0 spiro atoms. The molecule has 2 rings (SSSR count). The standard InChI is InChI=1S/C17H17FN2O/c18-15-7-4-13(5-8-15)10-11-20-17(21)9-6-14-2-1-3-16(19)12-14/h1-9,12H,10-11,19H2,(H,20,21)/b9-6+. The van der Waals surface area contributed by atoms with Gasteiger partial charge in [-0.25, -0.2) is 4.39 Å². The van der Waals surface area contributed by atoms with Crippen LogP contribution >= 0.6 is 0 Å². The summed E-state index contributed by atoms with van der Waals surface area (Å²) in [4.78, 5) is 11.7. The van der Waals surface area contributed by atoms with Crippen LogP contribution in [0.3, 0.4) is 0 Å². The Labute approximate surface area is 123 Å². The van der Waals surface area contributed by atoms with Crippen molar-refractivity contribution < 1.29 is 9.18 Å². The van der Waals surface area contributed by atoms with E-state index in [4.69, 9.17) is 5.73 Å². The minimum atomic E-state index is -0.257. The lowest BCUT2D eigenvalue weighted by molar-refractivity contribution is -0.116. The van der Waals surface area contributed by atoms with Gasteiger partial charge in [-0.2, -0.15) is 0 Å². The molecule has 3 N–H and O–H groups in total. The molecule has 0 unspecified atom stereocenters. The Kier molecular flexibility index (Phi) is 5.10. The number of anilines is 1. The van der Waals surface area contributed by atoms with Crippen molar-refractivity contribution >= 4 is 17.7 Å². The number of hydrogen-bond acceptors (Lipinski definition) is 2. The summed E-state index contributed by atoms with van der Waals surface area (Å²) in [6.45, 7) is 0.506. The van der Waals surface area contributed by atoms with Crippen molar-refractivity contribution in [3.63, 3.8) is 0 Å². The molecule has 21 heavy (non-hydrogen) atoms. The van der Waals surface area contributed by atoms with E-state index < -0.39 is 0 Å². The number of nitrogen functional groups attached to an aromatic ring is 1. The van der Waals surface area contributed by atoms with Crippen molar-refractivity contribution in [2.75, 3.05) is 12.3 Å². The molecule has 0 heterocycles. The molecule has 2 aromatic carbocycles. The fourth-order valence-corrected chi connectivity index (χ4v) is 1.87. The molecule has 0 fully saturated rings. The number of nitrogens with two attached hydrogens (primary N) is 1. The van der Waals surface area contributed by atoms with Gasteiger partial charge in [-0.15, -0.1) is 0 Å². The van der Waals surface area contributed by atoms with Crippen LogP contribution in [0.15, 0.2) is 54.6 Å². The molecule has 0 bridgehead atoms. The second kappa shape index (κ2) is 7.24. The molecule has 4 heteroatoms. The van der Waals surface area contributed by atoms with Gasteiger partial charge < -0.3 is 11.1 Å². The summed E-state index contributed by atoms with van der Waals surface area (Å²) in [5.74, 6) is -0.424. The van der Waals surface area contributed by atoms with E-state index in [1.54, 1.807) is 30.3 Å². The lowest BCUT2D eigenvalue weighted by Crippen LogP contribution is -2.23. The maximum atomic E-state index is 12.7. The highest BCUT2D eigenvalue weighted by Gasteiger charge is 1.97. The van der Waals surface area contributed by atoms with Crippen LogP contribution in [-0.2, 0) is 11.2 Å². The number of nitrogens with one attached hydrogen (secondary N) is 1. The average molecular weight is 284 g/mol. The minimum absolute atomic E-state index is 0.167. The minimum Gasteiger partial charge on any atom is -0.399 e. The van der Waals surface area contributed by atoms with Gasteiger partial charge in [0.2, 0.25) is 5.91 Å². The molecule has 0 radical (unpaired) electrons. The lowest BCUT2D eigenvalue weighted by atomic mass is 10.1. The van der Waals surface area contributed by atoms with E-state index in [9.17, 15) is 9.18 Å². The zero-order valence-corrected chi connectivity index (χ0v) is 11.6. The molecular formula is C17H17FN2O. The first-order valence-electron chi connectivity index (χ1n) is 6.69. The fourth-order valence-electron chi connectivity index (χ4n) is 1.87. The van der Waals surface area contributed by atoms with Crippen LogP contribution in [0, 0.1) is 5.82 Å². The van der Waals surface area contributed by atoms with Crippen molar-refractivity contribution in [2.24, 2.45) is 0 Å². The van der Waals surface area contributed by atoms with Gasteiger partial charge in [0, 0.05) is 18.3 Å². The summed E-state index contributed by atoms with van der Waals surface area (Å²) in [6.07, 6.45) is 3.85. The summed E-state index contributed by atoms with van der Waals surface area (Å²) in [5, 5.41) is 2.78. The van der Waals surface area contributed by atoms with Gasteiger partial charge in [-0.3, -0.25) is 4.79 Å². The molecular weight excluding hydrogens is 267 g/mol. The number of carbonyl (C=O) groups is 1. The molecule has 1 amide bonds. The highest BCUT2D eigenvalue weighted by atomic mass is 19.1. The number of amides is 1. The third-order valence-electron chi connectivity index (χ3n) is 2.96. The van der Waals surface area contributed by atoms with Crippen LogP contribution in [0.1, 0.15) is 11.1 Å². The molecule has 0 aliphatic heterocycles. The topological polar surface area (TPSA) is 55.1 Å². The summed E-state index contributed by atoms with van der Waals surface area (Å²) < 4.78 is 12.7. The first-order chi connectivity index (χ1) is 10.1. The molecule has 0 atom stereocenters. The van der Waals surface area contributed by atoms with Gasteiger partial charge in [-0.1, -0.05) is 24.3 Å². The second-order valence-electron chi connectivity index (χ2n) is 4.67. The number of hydrogen-bond donors (Lipinski definition) is 2. The van der Waals surface area contributed by atoms with Crippen molar-refractivity contribution in [3.05, 3.63) is 71.6 Å². The van der Waals surface area contributed by atoms with E-state index in [2.05, 4.69) is 5.32 Å². The number of rotatable bonds is 5. The van der Waals surface area contributed by atoms with Crippen LogP contribution in [0.5, 0.6) is 0 Å². The number of benzene rings is 2. The van der Waals surface area contributed by atoms with E-state index in [1.165, 1.54) is 18.2 Å². The van der Waals surface area contributed by atoms with Gasteiger partial charge in [0.1, 0.15) is 5.82 Å². The van der Waals surface area contributed by atoms with Gasteiger partial charge in [0.15, 0.2) is 0 Å². The van der Waals surface area contributed by atoms with E-state index >= 15 is 0 Å². The highest BCUT2D eigenvalue weighted by Crippen LogP contribution is 2.08. The van der Waals surface area contributed by atoms with Crippen molar-refractivity contribution in [1.82, 2.24) is 5.32 Å². The summed E-state index contributed by atoms with van der Waals surface area (Å²) in [6, 6.07) is 13.5. The Morgan fingerprint density at radius 1 is 1.19 bits per heavy atom. The lowest BCUT2D eigenvalue weighted by Gasteiger charge is -2.03. The number of carbonyl (C=O) groups excluding carboxylic acids is 1. The first-order valence-corrected chi connectivity index (χ1v) is 6.69. The largest absolute Gasteiger partial charge is 0.399 e. The van der Waals surface area contributed by atoms with Crippen molar-refractivity contribution in [1.29, 1.82) is 0 Å². The smallest absolute Gasteiger partial charge is 0.244 e. The average Bonchev–Trinajstić information content (AvgIpc) is 2.47. The van der Waals surface area contributed by atoms with Crippen molar-refractivity contribution in [2.45, 2.75) is 6.42 Å². The van der Waals surface area contributed by atoms with Crippen LogP contribution < -0.4 is 11.1 Å². The van der Waals surface area contributed by atoms with E-state index in [1.807, 2.05) is 12.1 Å². The Morgan fingerprint density at radius 2 is 1.95 bits per heavy atom. The molecule has 108 valence electrons. The van der Waals surface area contributed by atoms with Crippen LogP contribution in [-0.4, -0.2) is 12.5 Å². The normalized spacial score (nSPS) is 10.7. The van der Waals surface area contributed by atoms with E-state index in [-0.39, 0.29) is 11.7 Å². The molecule has 0 aromatic heterocycles.